The standard InChI is InChI=1S/C20H24BrNO5/c1-4-7-20(23)27-26-17-11-10-15(12-14(17)3)25-18(13-24-5-2)16-8-6-9-19(21)22-16/h6,8-12,18H,4-5,7,13H2,1-3H3/t18-/m0/s1. The second kappa shape index (κ2) is 10.9. The molecule has 0 unspecified atom stereocenters. The molecule has 0 saturated heterocycles. The van der Waals surface area contributed by atoms with Crippen LogP contribution in [-0.2, 0) is 14.4 Å². The Morgan fingerprint density at radius 3 is 2.70 bits per heavy atom. The van der Waals surface area contributed by atoms with Crippen LogP contribution < -0.4 is 9.62 Å². The minimum Gasteiger partial charge on any atom is -0.482 e. The molecule has 0 radical (unpaired) electrons. The second-order valence-electron chi connectivity index (χ2n) is 5.87. The molecule has 0 saturated carbocycles. The highest BCUT2D eigenvalue weighted by Crippen LogP contribution is 2.28. The summed E-state index contributed by atoms with van der Waals surface area (Å²) in [5.41, 5.74) is 1.55. The quantitative estimate of drug-likeness (QED) is 0.297. The molecule has 0 spiro atoms. The molecule has 0 fully saturated rings. The molecule has 1 heterocycles. The summed E-state index contributed by atoms with van der Waals surface area (Å²) in [7, 11) is 0. The predicted molar refractivity (Wildman–Crippen MR) is 105 cm³/mol. The van der Waals surface area contributed by atoms with Gasteiger partial charge in [0.1, 0.15) is 10.4 Å². The number of halogens is 1. The topological polar surface area (TPSA) is 66.9 Å². The van der Waals surface area contributed by atoms with Crippen LogP contribution >= 0.6 is 15.9 Å². The van der Waals surface area contributed by atoms with Crippen molar-refractivity contribution in [3.05, 3.63) is 52.3 Å². The van der Waals surface area contributed by atoms with E-state index in [4.69, 9.17) is 19.2 Å². The Hall–Kier alpha value is -2.12. The molecular formula is C20H24BrNO5. The lowest BCUT2D eigenvalue weighted by Gasteiger charge is -2.19. The van der Waals surface area contributed by atoms with E-state index in [2.05, 4.69) is 20.9 Å². The van der Waals surface area contributed by atoms with Crippen LogP contribution in [0.4, 0.5) is 0 Å². The van der Waals surface area contributed by atoms with Gasteiger partial charge in [0.25, 0.3) is 0 Å². The molecule has 1 aromatic carbocycles. The highest BCUT2D eigenvalue weighted by Gasteiger charge is 2.17. The van der Waals surface area contributed by atoms with Gasteiger partial charge < -0.3 is 9.47 Å². The first-order valence-electron chi connectivity index (χ1n) is 8.88. The maximum Gasteiger partial charge on any atom is 0.355 e. The molecule has 0 amide bonds. The first-order chi connectivity index (χ1) is 13.0. The summed E-state index contributed by atoms with van der Waals surface area (Å²) in [6, 6.07) is 10.9. The molecule has 0 N–H and O–H groups in total. The van der Waals surface area contributed by atoms with Crippen LogP contribution in [0.3, 0.4) is 0 Å². The Bertz CT molecular complexity index is 753. The van der Waals surface area contributed by atoms with E-state index in [1.807, 2.05) is 45.0 Å². The molecule has 0 aliphatic heterocycles. The van der Waals surface area contributed by atoms with Crippen molar-refractivity contribution in [3.8, 4) is 11.5 Å². The fourth-order valence-electron chi connectivity index (χ4n) is 2.30. The third-order valence-corrected chi connectivity index (χ3v) is 4.08. The van der Waals surface area contributed by atoms with Gasteiger partial charge in [-0.25, -0.2) is 9.78 Å². The van der Waals surface area contributed by atoms with Crippen LogP contribution in [0.2, 0.25) is 0 Å². The van der Waals surface area contributed by atoms with Crippen molar-refractivity contribution in [2.24, 2.45) is 0 Å². The van der Waals surface area contributed by atoms with Gasteiger partial charge in [-0.15, -0.1) is 0 Å². The van der Waals surface area contributed by atoms with Crippen LogP contribution in [0.15, 0.2) is 41.0 Å². The summed E-state index contributed by atoms with van der Waals surface area (Å²) < 4.78 is 12.4. The Balaban J connectivity index is 2.08. The Labute approximate surface area is 167 Å². The number of aromatic nitrogens is 1. The van der Waals surface area contributed by atoms with E-state index in [9.17, 15) is 4.79 Å². The molecule has 2 aromatic rings. The first kappa shape index (κ1) is 21.2. The molecule has 1 atom stereocenters. The average molecular weight is 438 g/mol. The zero-order valence-electron chi connectivity index (χ0n) is 15.7. The molecule has 27 heavy (non-hydrogen) atoms. The number of hydrogen-bond acceptors (Lipinski definition) is 6. The average Bonchev–Trinajstić information content (AvgIpc) is 2.64. The third kappa shape index (κ3) is 6.84. The van der Waals surface area contributed by atoms with Gasteiger partial charge >= 0.3 is 5.97 Å². The second-order valence-corrected chi connectivity index (χ2v) is 6.68. The largest absolute Gasteiger partial charge is 0.482 e. The van der Waals surface area contributed by atoms with Crippen molar-refractivity contribution < 1.29 is 24.0 Å². The van der Waals surface area contributed by atoms with E-state index in [1.54, 1.807) is 12.1 Å². The predicted octanol–water partition coefficient (Wildman–Crippen LogP) is 4.95. The molecule has 1 aromatic heterocycles. The van der Waals surface area contributed by atoms with E-state index < -0.39 is 5.97 Å². The number of carbonyl (C=O) groups is 1. The fourth-order valence-corrected chi connectivity index (χ4v) is 2.66. The fraction of sp³-hybridized carbons (Fsp3) is 0.400. The van der Waals surface area contributed by atoms with Gasteiger partial charge in [-0.05, 0) is 66.5 Å². The van der Waals surface area contributed by atoms with Gasteiger partial charge in [0, 0.05) is 18.6 Å². The maximum absolute atomic E-state index is 11.4. The minimum atomic E-state index is -0.394. The number of hydrogen-bond donors (Lipinski definition) is 0. The Morgan fingerprint density at radius 1 is 1.22 bits per heavy atom. The summed E-state index contributed by atoms with van der Waals surface area (Å²) in [5, 5.41) is 0. The number of ether oxygens (including phenoxy) is 2. The van der Waals surface area contributed by atoms with Crippen LogP contribution in [0.5, 0.6) is 11.5 Å². The molecule has 0 aliphatic carbocycles. The van der Waals surface area contributed by atoms with Gasteiger partial charge in [0.15, 0.2) is 11.9 Å². The SMILES string of the molecule is CCCC(=O)OOc1ccc(O[C@@H](COCC)c2cccc(Br)n2)cc1C. The number of carbonyl (C=O) groups excluding carboxylic acids is 1. The number of benzene rings is 1. The summed E-state index contributed by atoms with van der Waals surface area (Å²) >= 11 is 3.38. The molecule has 2 rings (SSSR count). The van der Waals surface area contributed by atoms with Gasteiger partial charge in [0.2, 0.25) is 0 Å². The molecular weight excluding hydrogens is 414 g/mol. The van der Waals surface area contributed by atoms with Crippen molar-refractivity contribution in [2.75, 3.05) is 13.2 Å². The van der Waals surface area contributed by atoms with Crippen LogP contribution in [-0.4, -0.2) is 24.2 Å². The van der Waals surface area contributed by atoms with Crippen molar-refractivity contribution in [2.45, 2.75) is 39.7 Å². The van der Waals surface area contributed by atoms with Crippen LogP contribution in [0, 0.1) is 6.92 Å². The molecule has 146 valence electrons. The normalized spacial score (nSPS) is 11.7. The van der Waals surface area contributed by atoms with Crippen molar-refractivity contribution >= 4 is 21.9 Å². The summed E-state index contributed by atoms with van der Waals surface area (Å²) in [6.45, 7) is 6.65. The highest BCUT2D eigenvalue weighted by atomic mass is 79.9. The number of pyridine rings is 1. The Kier molecular flexibility index (Phi) is 8.54. The molecule has 6 nitrogen and oxygen atoms in total. The summed E-state index contributed by atoms with van der Waals surface area (Å²) in [5.74, 6) is 0.717. The lowest BCUT2D eigenvalue weighted by atomic mass is 10.2. The van der Waals surface area contributed by atoms with Crippen molar-refractivity contribution in [3.63, 3.8) is 0 Å². The van der Waals surface area contributed by atoms with E-state index in [1.165, 1.54) is 0 Å². The number of rotatable bonds is 10. The van der Waals surface area contributed by atoms with Crippen LogP contribution in [0.25, 0.3) is 0 Å². The molecule has 0 aliphatic rings. The highest BCUT2D eigenvalue weighted by molar-refractivity contribution is 9.10. The van der Waals surface area contributed by atoms with Crippen molar-refractivity contribution in [1.29, 1.82) is 0 Å². The smallest absolute Gasteiger partial charge is 0.355 e. The van der Waals surface area contributed by atoms with E-state index in [0.717, 1.165) is 15.9 Å². The molecule has 7 heteroatoms. The lowest BCUT2D eigenvalue weighted by molar-refractivity contribution is -0.214. The Morgan fingerprint density at radius 2 is 2.04 bits per heavy atom. The molecule has 0 bridgehead atoms. The minimum absolute atomic E-state index is 0.318. The van der Waals surface area contributed by atoms with Gasteiger partial charge in [-0.3, -0.25) is 9.78 Å². The van der Waals surface area contributed by atoms with Crippen molar-refractivity contribution in [1.82, 2.24) is 4.98 Å². The van der Waals surface area contributed by atoms with Crippen LogP contribution in [0.1, 0.15) is 44.1 Å². The monoisotopic (exact) mass is 437 g/mol. The summed E-state index contributed by atoms with van der Waals surface area (Å²) in [6.07, 6.45) is 0.675. The third-order valence-electron chi connectivity index (χ3n) is 3.64. The lowest BCUT2D eigenvalue weighted by Crippen LogP contribution is -2.16. The van der Waals surface area contributed by atoms with E-state index in [-0.39, 0.29) is 6.10 Å². The number of aryl methyl sites for hydroxylation is 1. The van der Waals surface area contributed by atoms with Gasteiger partial charge in [-0.1, -0.05) is 13.0 Å². The maximum atomic E-state index is 11.4. The first-order valence-corrected chi connectivity index (χ1v) is 9.67. The number of nitrogens with zero attached hydrogens (tertiary/aromatic N) is 1. The summed E-state index contributed by atoms with van der Waals surface area (Å²) in [4.78, 5) is 25.8. The van der Waals surface area contributed by atoms with Gasteiger partial charge in [0.05, 0.1) is 12.3 Å². The van der Waals surface area contributed by atoms with E-state index in [0.29, 0.717) is 37.6 Å². The zero-order valence-corrected chi connectivity index (χ0v) is 17.3. The zero-order chi connectivity index (χ0) is 19.6. The van der Waals surface area contributed by atoms with Gasteiger partial charge in [-0.2, -0.15) is 0 Å². The van der Waals surface area contributed by atoms with E-state index >= 15 is 0 Å².